The first-order valence-corrected chi connectivity index (χ1v) is 7.36. The highest BCUT2D eigenvalue weighted by molar-refractivity contribution is 7.08. The number of carbonyl (C=O) groups excluding carboxylic acids is 1. The number of aryl methyl sites for hydroxylation is 1. The topological polar surface area (TPSA) is 78.4 Å². The van der Waals surface area contributed by atoms with Crippen LogP contribution in [-0.2, 0) is 11.3 Å². The number of hydrogen-bond acceptors (Lipinski definition) is 3. The van der Waals surface area contributed by atoms with E-state index in [2.05, 4.69) is 10.6 Å². The lowest BCUT2D eigenvalue weighted by molar-refractivity contribution is -0.139. The van der Waals surface area contributed by atoms with E-state index >= 15 is 0 Å². The van der Waals surface area contributed by atoms with Gasteiger partial charge < -0.3 is 15.7 Å². The number of carboxylic acid groups (broad SMARTS) is 1. The van der Waals surface area contributed by atoms with Crippen molar-refractivity contribution in [3.8, 4) is 0 Å². The van der Waals surface area contributed by atoms with Crippen molar-refractivity contribution in [1.82, 2.24) is 10.6 Å². The van der Waals surface area contributed by atoms with Crippen molar-refractivity contribution in [1.29, 1.82) is 0 Å². The zero-order chi connectivity index (χ0) is 15.2. The van der Waals surface area contributed by atoms with Crippen LogP contribution in [0, 0.1) is 6.92 Å². The average Bonchev–Trinajstić information content (AvgIpc) is 2.88. The monoisotopic (exact) mass is 304 g/mol. The molecule has 0 saturated carbocycles. The predicted octanol–water partition coefficient (Wildman–Crippen LogP) is 2.68. The number of aliphatic carboxylic acids is 1. The quantitative estimate of drug-likeness (QED) is 0.794. The molecule has 3 N–H and O–H groups in total. The van der Waals surface area contributed by atoms with Crippen LogP contribution in [0.2, 0.25) is 0 Å². The van der Waals surface area contributed by atoms with E-state index in [9.17, 15) is 14.7 Å². The summed E-state index contributed by atoms with van der Waals surface area (Å²) in [4.78, 5) is 23.1. The molecule has 5 nitrogen and oxygen atoms in total. The van der Waals surface area contributed by atoms with Crippen LogP contribution in [0.4, 0.5) is 4.79 Å². The Kier molecular flexibility index (Phi) is 4.94. The molecule has 2 amide bonds. The van der Waals surface area contributed by atoms with E-state index < -0.39 is 18.0 Å². The Labute approximate surface area is 126 Å². The highest BCUT2D eigenvalue weighted by Gasteiger charge is 2.21. The van der Waals surface area contributed by atoms with Crippen molar-refractivity contribution in [2.75, 3.05) is 0 Å². The van der Waals surface area contributed by atoms with E-state index in [0.29, 0.717) is 12.1 Å². The summed E-state index contributed by atoms with van der Waals surface area (Å²) in [7, 11) is 0. The summed E-state index contributed by atoms with van der Waals surface area (Å²) in [5, 5.41) is 18.3. The molecular weight excluding hydrogens is 288 g/mol. The molecule has 21 heavy (non-hydrogen) atoms. The number of thiophene rings is 1. The van der Waals surface area contributed by atoms with Crippen LogP contribution in [0.5, 0.6) is 0 Å². The number of carbonyl (C=O) groups is 2. The summed E-state index contributed by atoms with van der Waals surface area (Å²) in [6.45, 7) is 2.34. The molecule has 2 rings (SSSR count). The normalized spacial score (nSPS) is 11.7. The molecule has 0 aliphatic carbocycles. The molecule has 1 atom stereocenters. The van der Waals surface area contributed by atoms with Crippen LogP contribution in [0.25, 0.3) is 0 Å². The van der Waals surface area contributed by atoms with Gasteiger partial charge in [-0.05, 0) is 34.4 Å². The fourth-order valence-corrected chi connectivity index (χ4v) is 2.72. The lowest BCUT2D eigenvalue weighted by Crippen LogP contribution is -2.40. The van der Waals surface area contributed by atoms with Crippen molar-refractivity contribution < 1.29 is 14.7 Å². The Hall–Kier alpha value is -2.34. The summed E-state index contributed by atoms with van der Waals surface area (Å²) >= 11 is 1.57. The lowest BCUT2D eigenvalue weighted by Gasteiger charge is -2.15. The van der Waals surface area contributed by atoms with Crippen molar-refractivity contribution in [3.05, 3.63) is 57.8 Å². The number of nitrogens with one attached hydrogen (secondary N) is 2. The second-order valence-corrected chi connectivity index (χ2v) is 5.33. The summed E-state index contributed by atoms with van der Waals surface area (Å²) in [5.74, 6) is -1.09. The number of benzene rings is 1. The fourth-order valence-electron chi connectivity index (χ4n) is 1.86. The zero-order valence-electron chi connectivity index (χ0n) is 11.5. The molecule has 0 saturated heterocycles. The lowest BCUT2D eigenvalue weighted by atomic mass is 10.1. The Balaban J connectivity index is 1.96. The number of hydrogen-bond donors (Lipinski definition) is 3. The minimum Gasteiger partial charge on any atom is -0.479 e. The van der Waals surface area contributed by atoms with Crippen molar-refractivity contribution in [2.45, 2.75) is 19.5 Å². The summed E-state index contributed by atoms with van der Waals surface area (Å²) in [6, 6.07) is 7.04. The van der Waals surface area contributed by atoms with Crippen LogP contribution in [0.15, 0.2) is 41.1 Å². The van der Waals surface area contributed by atoms with Gasteiger partial charge >= 0.3 is 12.0 Å². The SMILES string of the molecule is Cc1cscc1CNC(=O)N[C@H](C(=O)O)c1ccccc1. The molecule has 0 aliphatic rings. The van der Waals surface area contributed by atoms with Crippen LogP contribution in [-0.4, -0.2) is 17.1 Å². The molecule has 1 aromatic carbocycles. The summed E-state index contributed by atoms with van der Waals surface area (Å²) in [6.07, 6.45) is 0. The average molecular weight is 304 g/mol. The predicted molar refractivity (Wildman–Crippen MR) is 81.2 cm³/mol. The zero-order valence-corrected chi connectivity index (χ0v) is 12.3. The molecular formula is C15H16N2O3S. The van der Waals surface area contributed by atoms with Crippen LogP contribution < -0.4 is 10.6 Å². The molecule has 6 heteroatoms. The maximum Gasteiger partial charge on any atom is 0.330 e. The largest absolute Gasteiger partial charge is 0.479 e. The standard InChI is InChI=1S/C15H16N2O3S/c1-10-8-21-9-12(10)7-16-15(20)17-13(14(18)19)11-5-3-2-4-6-11/h2-6,8-9,13H,7H2,1H3,(H,18,19)(H2,16,17,20)/t13-/m0/s1. The Bertz CT molecular complexity index is 625. The third-order valence-corrected chi connectivity index (χ3v) is 3.97. The Morgan fingerprint density at radius 3 is 2.52 bits per heavy atom. The second-order valence-electron chi connectivity index (χ2n) is 4.59. The van der Waals surface area contributed by atoms with E-state index in [1.54, 1.807) is 41.7 Å². The van der Waals surface area contributed by atoms with Gasteiger partial charge in [-0.25, -0.2) is 9.59 Å². The van der Waals surface area contributed by atoms with Gasteiger partial charge in [-0.3, -0.25) is 0 Å². The maximum absolute atomic E-state index is 11.9. The Morgan fingerprint density at radius 1 is 1.24 bits per heavy atom. The van der Waals surface area contributed by atoms with Gasteiger partial charge in [0.05, 0.1) is 0 Å². The van der Waals surface area contributed by atoms with Gasteiger partial charge in [0.1, 0.15) is 0 Å². The molecule has 0 bridgehead atoms. The molecule has 0 spiro atoms. The highest BCUT2D eigenvalue weighted by Crippen LogP contribution is 2.14. The minimum atomic E-state index is -1.09. The van der Waals surface area contributed by atoms with Gasteiger partial charge in [0.2, 0.25) is 0 Å². The second kappa shape index (κ2) is 6.90. The van der Waals surface area contributed by atoms with Gasteiger partial charge in [-0.1, -0.05) is 30.3 Å². The number of urea groups is 1. The number of rotatable bonds is 5. The maximum atomic E-state index is 11.9. The molecule has 110 valence electrons. The van der Waals surface area contributed by atoms with Crippen molar-refractivity contribution in [2.24, 2.45) is 0 Å². The molecule has 0 radical (unpaired) electrons. The molecule has 2 aromatic rings. The highest BCUT2D eigenvalue weighted by atomic mass is 32.1. The van der Waals surface area contributed by atoms with Crippen molar-refractivity contribution >= 4 is 23.3 Å². The fraction of sp³-hybridized carbons (Fsp3) is 0.200. The molecule has 0 fully saturated rings. The number of amides is 2. The summed E-state index contributed by atoms with van der Waals surface area (Å²) < 4.78 is 0. The van der Waals surface area contributed by atoms with Gasteiger partial charge in [0, 0.05) is 6.54 Å². The van der Waals surface area contributed by atoms with E-state index in [4.69, 9.17) is 0 Å². The third kappa shape index (κ3) is 4.06. The Morgan fingerprint density at radius 2 is 1.95 bits per heavy atom. The smallest absolute Gasteiger partial charge is 0.330 e. The summed E-state index contributed by atoms with van der Waals surface area (Å²) in [5.41, 5.74) is 2.67. The molecule has 0 aliphatic heterocycles. The molecule has 0 unspecified atom stereocenters. The third-order valence-electron chi connectivity index (χ3n) is 3.06. The van der Waals surface area contributed by atoms with Gasteiger partial charge in [0.25, 0.3) is 0 Å². The van der Waals surface area contributed by atoms with Gasteiger partial charge in [-0.15, -0.1) is 0 Å². The number of carboxylic acids is 1. The van der Waals surface area contributed by atoms with E-state index in [1.807, 2.05) is 17.7 Å². The van der Waals surface area contributed by atoms with Gasteiger partial charge in [-0.2, -0.15) is 11.3 Å². The molecule has 1 aromatic heterocycles. The molecule has 1 heterocycles. The minimum absolute atomic E-state index is 0.377. The van der Waals surface area contributed by atoms with Crippen molar-refractivity contribution in [3.63, 3.8) is 0 Å². The first-order chi connectivity index (χ1) is 10.1. The first-order valence-electron chi connectivity index (χ1n) is 6.41. The van der Waals surface area contributed by atoms with Crippen LogP contribution in [0.1, 0.15) is 22.7 Å². The van der Waals surface area contributed by atoms with Crippen LogP contribution >= 0.6 is 11.3 Å². The van der Waals surface area contributed by atoms with Gasteiger partial charge in [0.15, 0.2) is 6.04 Å². The van der Waals surface area contributed by atoms with E-state index in [1.165, 1.54) is 0 Å². The first kappa shape index (κ1) is 15.1. The van der Waals surface area contributed by atoms with E-state index in [0.717, 1.165) is 11.1 Å². The van der Waals surface area contributed by atoms with E-state index in [-0.39, 0.29) is 0 Å². The van der Waals surface area contributed by atoms with Crippen LogP contribution in [0.3, 0.4) is 0 Å².